The fourth-order valence-corrected chi connectivity index (χ4v) is 2.50. The van der Waals surface area contributed by atoms with Crippen LogP contribution >= 0.6 is 0 Å². The number of hydrogen-bond donors (Lipinski definition) is 2. The molecule has 0 aromatic heterocycles. The average Bonchev–Trinajstić information content (AvgIpc) is 2.49. The second-order valence-corrected chi connectivity index (χ2v) is 5.24. The SMILES string of the molecule is C=CCN1CCC(NC(=O)c2ccc(CN)cc2)CC1. The largest absolute Gasteiger partial charge is 0.349 e. The molecule has 3 N–H and O–H groups in total. The Morgan fingerprint density at radius 2 is 2.00 bits per heavy atom. The van der Waals surface area contributed by atoms with Crippen molar-refractivity contribution < 1.29 is 4.79 Å². The van der Waals surface area contributed by atoms with Crippen molar-refractivity contribution in [2.45, 2.75) is 25.4 Å². The van der Waals surface area contributed by atoms with Gasteiger partial charge in [0.1, 0.15) is 0 Å². The van der Waals surface area contributed by atoms with Gasteiger partial charge in [0, 0.05) is 37.8 Å². The fraction of sp³-hybridized carbons (Fsp3) is 0.438. The predicted molar refractivity (Wildman–Crippen MR) is 81.5 cm³/mol. The number of likely N-dealkylation sites (tertiary alicyclic amines) is 1. The van der Waals surface area contributed by atoms with Crippen LogP contribution in [0, 0.1) is 0 Å². The first-order chi connectivity index (χ1) is 9.72. The van der Waals surface area contributed by atoms with Crippen LogP contribution in [0.15, 0.2) is 36.9 Å². The van der Waals surface area contributed by atoms with E-state index >= 15 is 0 Å². The van der Waals surface area contributed by atoms with Crippen LogP contribution in [0.25, 0.3) is 0 Å². The van der Waals surface area contributed by atoms with Gasteiger partial charge in [-0.25, -0.2) is 0 Å². The van der Waals surface area contributed by atoms with Gasteiger partial charge >= 0.3 is 0 Å². The minimum atomic E-state index is 0.00995. The number of nitrogens with two attached hydrogens (primary N) is 1. The summed E-state index contributed by atoms with van der Waals surface area (Å²) in [5.41, 5.74) is 7.30. The molecule has 1 heterocycles. The second kappa shape index (κ2) is 7.22. The van der Waals surface area contributed by atoms with E-state index in [1.807, 2.05) is 30.3 Å². The fourth-order valence-electron chi connectivity index (χ4n) is 2.50. The summed E-state index contributed by atoms with van der Waals surface area (Å²) in [6, 6.07) is 7.76. The van der Waals surface area contributed by atoms with Crippen molar-refractivity contribution in [1.29, 1.82) is 0 Å². The standard InChI is InChI=1S/C16H23N3O/c1-2-9-19-10-7-15(8-11-19)18-16(20)14-5-3-13(12-17)4-6-14/h2-6,15H,1,7-12,17H2,(H,18,20). The van der Waals surface area contributed by atoms with Crippen LogP contribution in [-0.2, 0) is 6.54 Å². The molecule has 0 unspecified atom stereocenters. The highest BCUT2D eigenvalue weighted by Gasteiger charge is 2.20. The molecule has 108 valence electrons. The molecule has 1 amide bonds. The summed E-state index contributed by atoms with van der Waals surface area (Å²) in [5, 5.41) is 3.11. The molecular formula is C16H23N3O. The van der Waals surface area contributed by atoms with E-state index in [1.54, 1.807) is 0 Å². The molecule has 2 rings (SSSR count). The Labute approximate surface area is 120 Å². The third-order valence-corrected chi connectivity index (χ3v) is 3.76. The number of carbonyl (C=O) groups is 1. The molecule has 0 atom stereocenters. The van der Waals surface area contributed by atoms with Gasteiger partial charge in [0.05, 0.1) is 0 Å². The van der Waals surface area contributed by atoms with Gasteiger partial charge in [0.15, 0.2) is 0 Å². The lowest BCUT2D eigenvalue weighted by atomic mass is 10.0. The number of nitrogens with one attached hydrogen (secondary N) is 1. The van der Waals surface area contributed by atoms with Crippen LogP contribution < -0.4 is 11.1 Å². The minimum absolute atomic E-state index is 0.00995. The summed E-state index contributed by atoms with van der Waals surface area (Å²) in [5.74, 6) is 0.00995. The Morgan fingerprint density at radius 1 is 1.35 bits per heavy atom. The zero-order valence-corrected chi connectivity index (χ0v) is 11.8. The third-order valence-electron chi connectivity index (χ3n) is 3.76. The number of benzene rings is 1. The quantitative estimate of drug-likeness (QED) is 0.800. The van der Waals surface area contributed by atoms with Gasteiger partial charge in [0.2, 0.25) is 0 Å². The smallest absolute Gasteiger partial charge is 0.251 e. The van der Waals surface area contributed by atoms with Crippen LogP contribution in [0.1, 0.15) is 28.8 Å². The van der Waals surface area contributed by atoms with E-state index in [1.165, 1.54) is 0 Å². The molecule has 1 saturated heterocycles. The van der Waals surface area contributed by atoms with Crippen molar-refractivity contribution in [3.05, 3.63) is 48.0 Å². The molecule has 1 aromatic rings. The Hall–Kier alpha value is -1.65. The molecule has 4 heteroatoms. The van der Waals surface area contributed by atoms with Crippen molar-refractivity contribution >= 4 is 5.91 Å². The van der Waals surface area contributed by atoms with Gasteiger partial charge in [-0.1, -0.05) is 18.2 Å². The average molecular weight is 273 g/mol. The number of nitrogens with zero attached hydrogens (tertiary/aromatic N) is 1. The first-order valence-corrected chi connectivity index (χ1v) is 7.16. The van der Waals surface area contributed by atoms with Crippen LogP contribution in [0.3, 0.4) is 0 Å². The predicted octanol–water partition coefficient (Wildman–Crippen LogP) is 1.53. The molecule has 20 heavy (non-hydrogen) atoms. The summed E-state index contributed by atoms with van der Waals surface area (Å²) in [7, 11) is 0. The van der Waals surface area contributed by atoms with Gasteiger partial charge < -0.3 is 11.1 Å². The molecule has 1 aliphatic rings. The van der Waals surface area contributed by atoms with Gasteiger partial charge in [0.25, 0.3) is 5.91 Å². The lowest BCUT2D eigenvalue weighted by Gasteiger charge is -2.31. The molecule has 1 aromatic carbocycles. The zero-order valence-electron chi connectivity index (χ0n) is 11.8. The molecule has 0 aliphatic carbocycles. The van der Waals surface area contributed by atoms with Crippen molar-refractivity contribution in [3.8, 4) is 0 Å². The molecule has 0 spiro atoms. The third kappa shape index (κ3) is 3.92. The van der Waals surface area contributed by atoms with Crippen molar-refractivity contribution in [3.63, 3.8) is 0 Å². The maximum atomic E-state index is 12.1. The minimum Gasteiger partial charge on any atom is -0.349 e. The van der Waals surface area contributed by atoms with E-state index in [0.29, 0.717) is 12.1 Å². The van der Waals surface area contributed by atoms with Crippen molar-refractivity contribution in [2.24, 2.45) is 5.73 Å². The highest BCUT2D eigenvalue weighted by Crippen LogP contribution is 2.11. The molecule has 0 saturated carbocycles. The lowest BCUT2D eigenvalue weighted by Crippen LogP contribution is -2.44. The van der Waals surface area contributed by atoms with Crippen LogP contribution in [0.2, 0.25) is 0 Å². The summed E-state index contributed by atoms with van der Waals surface area (Å²) < 4.78 is 0. The van der Waals surface area contributed by atoms with Crippen molar-refractivity contribution in [1.82, 2.24) is 10.2 Å². The zero-order chi connectivity index (χ0) is 14.4. The van der Waals surface area contributed by atoms with Gasteiger partial charge in [-0.2, -0.15) is 0 Å². The molecule has 1 fully saturated rings. The monoisotopic (exact) mass is 273 g/mol. The summed E-state index contributed by atoms with van der Waals surface area (Å²) in [4.78, 5) is 14.5. The number of piperidine rings is 1. The number of carbonyl (C=O) groups excluding carboxylic acids is 1. The Balaban J connectivity index is 1.84. The Morgan fingerprint density at radius 3 is 2.55 bits per heavy atom. The first kappa shape index (κ1) is 14.8. The highest BCUT2D eigenvalue weighted by atomic mass is 16.1. The van der Waals surface area contributed by atoms with Crippen LogP contribution in [-0.4, -0.2) is 36.5 Å². The normalized spacial score (nSPS) is 16.9. The lowest BCUT2D eigenvalue weighted by molar-refractivity contribution is 0.0914. The van der Waals surface area contributed by atoms with Gasteiger partial charge in [-0.05, 0) is 30.5 Å². The van der Waals surface area contributed by atoms with Gasteiger partial charge in [-0.15, -0.1) is 6.58 Å². The van der Waals surface area contributed by atoms with E-state index in [4.69, 9.17) is 5.73 Å². The van der Waals surface area contributed by atoms with Crippen LogP contribution in [0.4, 0.5) is 0 Å². The molecule has 4 nitrogen and oxygen atoms in total. The maximum absolute atomic E-state index is 12.1. The van der Waals surface area contributed by atoms with E-state index in [2.05, 4.69) is 16.8 Å². The summed E-state index contributed by atoms with van der Waals surface area (Å²) in [6.45, 7) is 7.22. The first-order valence-electron chi connectivity index (χ1n) is 7.16. The molecule has 1 aliphatic heterocycles. The van der Waals surface area contributed by atoms with Gasteiger partial charge in [-0.3, -0.25) is 9.69 Å². The van der Waals surface area contributed by atoms with E-state index in [0.717, 1.165) is 38.0 Å². The maximum Gasteiger partial charge on any atom is 0.251 e. The number of hydrogen-bond acceptors (Lipinski definition) is 3. The molecular weight excluding hydrogens is 250 g/mol. The molecule has 0 bridgehead atoms. The topological polar surface area (TPSA) is 58.4 Å². The Kier molecular flexibility index (Phi) is 5.32. The Bertz CT molecular complexity index is 447. The number of amides is 1. The van der Waals surface area contributed by atoms with E-state index in [9.17, 15) is 4.79 Å². The summed E-state index contributed by atoms with van der Waals surface area (Å²) in [6.07, 6.45) is 3.93. The molecule has 0 radical (unpaired) electrons. The second-order valence-electron chi connectivity index (χ2n) is 5.24. The van der Waals surface area contributed by atoms with Crippen LogP contribution in [0.5, 0.6) is 0 Å². The van der Waals surface area contributed by atoms with E-state index in [-0.39, 0.29) is 11.9 Å². The summed E-state index contributed by atoms with van der Waals surface area (Å²) >= 11 is 0. The highest BCUT2D eigenvalue weighted by molar-refractivity contribution is 5.94. The van der Waals surface area contributed by atoms with E-state index < -0.39 is 0 Å². The number of rotatable bonds is 5. The van der Waals surface area contributed by atoms with Crippen molar-refractivity contribution in [2.75, 3.05) is 19.6 Å².